The molecule has 0 aliphatic carbocycles. The van der Waals surface area contributed by atoms with Crippen molar-refractivity contribution in [2.24, 2.45) is 0 Å². The Morgan fingerprint density at radius 1 is 0.688 bits per heavy atom. The van der Waals surface area contributed by atoms with Gasteiger partial charge < -0.3 is 11.1 Å². The van der Waals surface area contributed by atoms with Crippen LogP contribution in [-0.4, -0.2) is 41.1 Å². The van der Waals surface area contributed by atoms with Gasteiger partial charge in [0.25, 0.3) is 10.1 Å². The van der Waals surface area contributed by atoms with E-state index in [2.05, 4.69) is 6.92 Å². The fourth-order valence-electron chi connectivity index (χ4n) is 3.24. The molecule has 0 atom stereocenters. The first-order valence-electron chi connectivity index (χ1n) is 12.4. The number of aryl methyl sites for hydroxylation is 1. The fourth-order valence-corrected chi connectivity index (χ4v) is 4.18. The monoisotopic (exact) mass is 472 g/mol. The molecule has 0 aliphatic rings. The average Bonchev–Trinajstić information content (AvgIpc) is 2.71. The zero-order chi connectivity index (χ0) is 23.4. The Morgan fingerprint density at radius 2 is 1.03 bits per heavy atom. The van der Waals surface area contributed by atoms with Crippen molar-refractivity contribution in [1.29, 1.82) is 0 Å². The van der Waals surface area contributed by atoms with Crippen LogP contribution in [0, 0.1) is 6.92 Å². The molecule has 0 saturated carbocycles. The van der Waals surface area contributed by atoms with Gasteiger partial charge in [-0.15, -0.1) is 0 Å². The third-order valence-corrected chi connectivity index (χ3v) is 6.37. The molecule has 0 saturated heterocycles. The zero-order valence-corrected chi connectivity index (χ0v) is 22.5. The van der Waals surface area contributed by atoms with E-state index in [4.69, 9.17) is 4.18 Å². The quantitative estimate of drug-likeness (QED) is 0.187. The van der Waals surface area contributed by atoms with Crippen molar-refractivity contribution in [1.82, 2.24) is 11.1 Å². The van der Waals surface area contributed by atoms with Crippen LogP contribution < -0.4 is 6.15 Å². The molecule has 0 unspecified atom stereocenters. The molecule has 0 aliphatic heterocycles. The second-order valence-electron chi connectivity index (χ2n) is 9.03. The van der Waals surface area contributed by atoms with Crippen molar-refractivity contribution < 1.29 is 12.6 Å². The lowest BCUT2D eigenvalue weighted by Crippen LogP contribution is -2.07. The van der Waals surface area contributed by atoms with Gasteiger partial charge in [0.15, 0.2) is 0 Å². The van der Waals surface area contributed by atoms with Crippen molar-refractivity contribution >= 4 is 10.1 Å². The molecular weight excluding hydrogens is 420 g/mol. The molecule has 1 rings (SSSR count). The zero-order valence-electron chi connectivity index (χ0n) is 21.7. The van der Waals surface area contributed by atoms with Crippen LogP contribution in [0.15, 0.2) is 29.2 Å². The van der Waals surface area contributed by atoms with Crippen LogP contribution in [0.3, 0.4) is 0 Å². The molecule has 0 radical (unpaired) electrons. The molecular formula is C26H52N2O3S. The minimum atomic E-state index is -3.59. The third kappa shape index (κ3) is 20.9. The Kier molecular flexibility index (Phi) is 22.7. The summed E-state index contributed by atoms with van der Waals surface area (Å²) in [5, 5.41) is 0. The van der Waals surface area contributed by atoms with E-state index in [-0.39, 0.29) is 17.7 Å². The minimum absolute atomic E-state index is 0. The highest BCUT2D eigenvalue weighted by atomic mass is 32.2. The molecule has 0 bridgehead atoms. The van der Waals surface area contributed by atoms with Crippen molar-refractivity contribution in [3.63, 3.8) is 0 Å². The van der Waals surface area contributed by atoms with Gasteiger partial charge in [0.2, 0.25) is 0 Å². The van der Waals surface area contributed by atoms with Crippen LogP contribution in [0.5, 0.6) is 0 Å². The van der Waals surface area contributed by atoms with E-state index in [0.717, 1.165) is 18.4 Å². The van der Waals surface area contributed by atoms with E-state index in [0.29, 0.717) is 0 Å². The largest absolute Gasteiger partial charge is 0.344 e. The number of nitrogens with zero attached hydrogens (tertiary/aromatic N) is 1. The van der Waals surface area contributed by atoms with Gasteiger partial charge in [-0.2, -0.15) is 8.42 Å². The lowest BCUT2D eigenvalue weighted by atomic mass is 10.0. The molecule has 32 heavy (non-hydrogen) atoms. The highest BCUT2D eigenvalue weighted by molar-refractivity contribution is 7.86. The summed E-state index contributed by atoms with van der Waals surface area (Å²) in [5.74, 6) is 0. The molecule has 0 amide bonds. The maximum absolute atomic E-state index is 12.1. The van der Waals surface area contributed by atoms with Gasteiger partial charge in [-0.05, 0) is 46.6 Å². The molecule has 190 valence electrons. The molecule has 5 nitrogen and oxygen atoms in total. The molecule has 3 N–H and O–H groups in total. The van der Waals surface area contributed by atoms with E-state index in [1.807, 2.05) is 33.0 Å². The van der Waals surface area contributed by atoms with Crippen molar-refractivity contribution in [2.45, 2.75) is 109 Å². The number of rotatable bonds is 17. The fraction of sp³-hybridized carbons (Fsp3) is 0.769. The predicted octanol–water partition coefficient (Wildman–Crippen LogP) is 7.52. The average molecular weight is 473 g/mol. The van der Waals surface area contributed by atoms with Crippen LogP contribution in [0.1, 0.15) is 102 Å². The summed E-state index contributed by atoms with van der Waals surface area (Å²) in [4.78, 5) is 2.25. The highest BCUT2D eigenvalue weighted by Crippen LogP contribution is 2.15. The van der Waals surface area contributed by atoms with Crippen LogP contribution in [0.2, 0.25) is 0 Å². The van der Waals surface area contributed by atoms with Crippen molar-refractivity contribution in [2.75, 3.05) is 27.7 Å². The van der Waals surface area contributed by atoms with E-state index in [9.17, 15) is 8.42 Å². The minimum Gasteiger partial charge on any atom is -0.344 e. The molecule has 0 fully saturated rings. The van der Waals surface area contributed by atoms with Crippen molar-refractivity contribution in [3.8, 4) is 0 Å². The summed E-state index contributed by atoms with van der Waals surface area (Å²) in [6, 6.07) is 6.80. The lowest BCUT2D eigenvalue weighted by Gasteiger charge is -2.06. The maximum Gasteiger partial charge on any atom is 0.296 e. The molecule has 0 aromatic heterocycles. The Labute approximate surface area is 200 Å². The molecule has 1 aromatic carbocycles. The summed E-state index contributed by atoms with van der Waals surface area (Å²) in [6.45, 7) is 4.49. The predicted molar refractivity (Wildman–Crippen MR) is 139 cm³/mol. The number of hydrogen-bond acceptors (Lipinski definition) is 5. The van der Waals surface area contributed by atoms with Gasteiger partial charge in [-0.1, -0.05) is 108 Å². The van der Waals surface area contributed by atoms with E-state index >= 15 is 0 Å². The normalized spacial score (nSPS) is 11.1. The smallest absolute Gasteiger partial charge is 0.296 e. The summed E-state index contributed by atoms with van der Waals surface area (Å²) < 4.78 is 29.2. The molecule has 6 heteroatoms. The Hall–Kier alpha value is -0.950. The first-order chi connectivity index (χ1) is 14.8. The molecule has 0 spiro atoms. The van der Waals surface area contributed by atoms with Gasteiger partial charge in [0.05, 0.1) is 11.5 Å². The van der Waals surface area contributed by atoms with Gasteiger partial charge >= 0.3 is 0 Å². The maximum atomic E-state index is 12.1. The van der Waals surface area contributed by atoms with Gasteiger partial charge in [-0.25, -0.2) is 0 Å². The topological polar surface area (TPSA) is 81.6 Å². The van der Waals surface area contributed by atoms with E-state index < -0.39 is 10.1 Å². The molecule has 1 aromatic rings. The van der Waals surface area contributed by atoms with Gasteiger partial charge in [0.1, 0.15) is 0 Å². The molecule has 0 heterocycles. The summed E-state index contributed by atoms with van der Waals surface area (Å²) >= 11 is 0. The second-order valence-corrected chi connectivity index (χ2v) is 10.6. The Bertz CT molecular complexity index is 614. The summed E-state index contributed by atoms with van der Waals surface area (Å²) in [6.07, 6.45) is 18.0. The standard InChI is InChI=1S/C23H40O3S.C3H9N.H3N/c1-3-4-5-6-7-8-9-10-11-12-13-14-15-16-21-26-27(24,25)23-19-17-22(2)18-20-23;1-4(2)3;/h17-20H,3-16,21H2,1-2H3;1-3H3;1H3. The van der Waals surface area contributed by atoms with Gasteiger partial charge in [-0.3, -0.25) is 4.18 Å². The number of hydrogen-bond donors (Lipinski definition) is 1. The van der Waals surface area contributed by atoms with E-state index in [1.54, 1.807) is 24.3 Å². The van der Waals surface area contributed by atoms with Crippen LogP contribution in [0.4, 0.5) is 0 Å². The number of unbranched alkanes of at least 4 members (excludes halogenated alkanes) is 13. The van der Waals surface area contributed by atoms with Crippen LogP contribution >= 0.6 is 0 Å². The van der Waals surface area contributed by atoms with Gasteiger partial charge in [0, 0.05) is 0 Å². The van der Waals surface area contributed by atoms with Crippen molar-refractivity contribution in [3.05, 3.63) is 29.8 Å². The van der Waals surface area contributed by atoms with E-state index in [1.165, 1.54) is 77.0 Å². The first kappa shape index (κ1) is 33.2. The number of benzene rings is 1. The second kappa shape index (κ2) is 21.9. The van der Waals surface area contributed by atoms with Crippen LogP contribution in [-0.2, 0) is 14.3 Å². The third-order valence-electron chi connectivity index (χ3n) is 5.05. The summed E-state index contributed by atoms with van der Waals surface area (Å²) in [5.41, 5.74) is 1.04. The van der Waals surface area contributed by atoms with Crippen LogP contribution in [0.25, 0.3) is 0 Å². The SMILES string of the molecule is CCCCCCCCCCCCCCCCOS(=O)(=O)c1ccc(C)cc1.CN(C)C.N. The Morgan fingerprint density at radius 3 is 1.41 bits per heavy atom. The summed E-state index contributed by atoms with van der Waals surface area (Å²) in [7, 11) is 2.41. The first-order valence-corrected chi connectivity index (χ1v) is 13.8. The highest BCUT2D eigenvalue weighted by Gasteiger charge is 2.14. The Balaban J connectivity index is 0. The lowest BCUT2D eigenvalue weighted by molar-refractivity contribution is 0.306.